The molecule has 0 radical (unpaired) electrons. The van der Waals surface area contributed by atoms with Crippen molar-refractivity contribution in [3.05, 3.63) is 55.0 Å². The summed E-state index contributed by atoms with van der Waals surface area (Å²) in [4.78, 5) is 4.03. The van der Waals surface area contributed by atoms with Crippen molar-refractivity contribution in [2.45, 2.75) is 0 Å². The Bertz CT molecular complexity index is 916. The summed E-state index contributed by atoms with van der Waals surface area (Å²) in [5.41, 5.74) is 4.31. The van der Waals surface area contributed by atoms with Crippen LogP contribution >= 0.6 is 0 Å². The summed E-state index contributed by atoms with van der Waals surface area (Å²) in [5, 5.41) is 4.52. The highest BCUT2D eigenvalue weighted by molar-refractivity contribution is 7.92. The van der Waals surface area contributed by atoms with E-state index >= 15 is 0 Å². The number of aryl methyl sites for hydroxylation is 1. The number of nitrogens with zero attached hydrogens (tertiary/aromatic N) is 3. The predicted octanol–water partition coefficient (Wildman–Crippen LogP) is 2.52. The van der Waals surface area contributed by atoms with E-state index in [1.54, 1.807) is 29.2 Å². The lowest BCUT2D eigenvalue weighted by atomic mass is 10.0. The van der Waals surface area contributed by atoms with Crippen LogP contribution in [0.5, 0.6) is 0 Å². The molecule has 0 aliphatic rings. The van der Waals surface area contributed by atoms with Gasteiger partial charge in [0.15, 0.2) is 0 Å². The van der Waals surface area contributed by atoms with Gasteiger partial charge in [0, 0.05) is 42.5 Å². The first-order chi connectivity index (χ1) is 10.9. The standard InChI is InChI=1S/C16H16N4O2S/c1-20-11-15(16(18-20)13-7-9-17-10-8-13)12-3-5-14(6-4-12)19-23(2,21)22/h3-11,19H,1-2H3. The minimum atomic E-state index is -3.28. The Morgan fingerprint density at radius 1 is 1.00 bits per heavy atom. The fourth-order valence-corrected chi connectivity index (χ4v) is 2.92. The molecule has 0 saturated heterocycles. The van der Waals surface area contributed by atoms with Gasteiger partial charge in [0.05, 0.1) is 6.26 Å². The van der Waals surface area contributed by atoms with Crippen LogP contribution in [-0.4, -0.2) is 29.4 Å². The number of nitrogens with one attached hydrogen (secondary N) is 1. The van der Waals surface area contributed by atoms with Gasteiger partial charge in [0.1, 0.15) is 5.69 Å². The van der Waals surface area contributed by atoms with E-state index in [0.29, 0.717) is 5.69 Å². The van der Waals surface area contributed by atoms with Crippen molar-refractivity contribution in [1.82, 2.24) is 14.8 Å². The maximum atomic E-state index is 11.3. The summed E-state index contributed by atoms with van der Waals surface area (Å²) in [6.07, 6.45) is 6.53. The van der Waals surface area contributed by atoms with E-state index in [4.69, 9.17) is 0 Å². The fourth-order valence-electron chi connectivity index (χ4n) is 2.35. The molecule has 3 aromatic rings. The molecule has 0 unspecified atom stereocenters. The SMILES string of the molecule is Cn1cc(-c2ccc(NS(C)(=O)=O)cc2)c(-c2ccncc2)n1. The van der Waals surface area contributed by atoms with Gasteiger partial charge in [-0.1, -0.05) is 12.1 Å². The van der Waals surface area contributed by atoms with Gasteiger partial charge in [0.25, 0.3) is 0 Å². The van der Waals surface area contributed by atoms with Crippen molar-refractivity contribution in [2.24, 2.45) is 7.05 Å². The van der Waals surface area contributed by atoms with Crippen LogP contribution in [0, 0.1) is 0 Å². The molecule has 0 saturated carbocycles. The van der Waals surface area contributed by atoms with Crippen molar-refractivity contribution in [1.29, 1.82) is 0 Å². The Kier molecular flexibility index (Phi) is 3.87. The zero-order chi connectivity index (χ0) is 16.4. The zero-order valence-electron chi connectivity index (χ0n) is 12.8. The zero-order valence-corrected chi connectivity index (χ0v) is 13.6. The lowest BCUT2D eigenvalue weighted by Gasteiger charge is -2.06. The Balaban J connectivity index is 2.00. The van der Waals surface area contributed by atoms with Crippen LogP contribution < -0.4 is 4.72 Å². The first-order valence-electron chi connectivity index (χ1n) is 6.95. The first kappa shape index (κ1) is 15.2. The monoisotopic (exact) mass is 328 g/mol. The summed E-state index contributed by atoms with van der Waals surface area (Å²) in [6.45, 7) is 0. The largest absolute Gasteiger partial charge is 0.284 e. The summed E-state index contributed by atoms with van der Waals surface area (Å²) < 4.78 is 26.7. The molecule has 2 heterocycles. The van der Waals surface area contributed by atoms with Crippen molar-refractivity contribution >= 4 is 15.7 Å². The van der Waals surface area contributed by atoms with E-state index in [1.807, 2.05) is 37.5 Å². The Hall–Kier alpha value is -2.67. The average molecular weight is 328 g/mol. The van der Waals surface area contributed by atoms with Gasteiger partial charge >= 0.3 is 0 Å². The van der Waals surface area contributed by atoms with E-state index in [0.717, 1.165) is 28.6 Å². The maximum Gasteiger partial charge on any atom is 0.229 e. The molecule has 118 valence electrons. The number of aromatic nitrogens is 3. The number of pyridine rings is 1. The molecule has 0 spiro atoms. The maximum absolute atomic E-state index is 11.3. The number of hydrogen-bond donors (Lipinski definition) is 1. The number of benzene rings is 1. The number of anilines is 1. The van der Waals surface area contributed by atoms with Crippen molar-refractivity contribution in [3.8, 4) is 22.4 Å². The molecule has 1 N–H and O–H groups in total. The van der Waals surface area contributed by atoms with E-state index in [-0.39, 0.29) is 0 Å². The molecule has 3 rings (SSSR count). The van der Waals surface area contributed by atoms with Crippen LogP contribution in [0.2, 0.25) is 0 Å². The Morgan fingerprint density at radius 3 is 2.26 bits per heavy atom. The van der Waals surface area contributed by atoms with Crippen LogP contribution in [0.3, 0.4) is 0 Å². The fraction of sp³-hybridized carbons (Fsp3) is 0.125. The summed E-state index contributed by atoms with van der Waals surface area (Å²) >= 11 is 0. The van der Waals surface area contributed by atoms with Crippen molar-refractivity contribution in [3.63, 3.8) is 0 Å². The van der Waals surface area contributed by atoms with E-state index in [1.165, 1.54) is 0 Å². The average Bonchev–Trinajstić information content (AvgIpc) is 2.89. The lowest BCUT2D eigenvalue weighted by Crippen LogP contribution is -2.09. The third kappa shape index (κ3) is 3.57. The molecule has 0 fully saturated rings. The topological polar surface area (TPSA) is 76.9 Å². The highest BCUT2D eigenvalue weighted by Gasteiger charge is 2.12. The van der Waals surface area contributed by atoms with Crippen LogP contribution in [0.15, 0.2) is 55.0 Å². The second-order valence-corrected chi connectivity index (χ2v) is 7.00. The molecule has 0 aliphatic carbocycles. The molecule has 7 heteroatoms. The van der Waals surface area contributed by atoms with Crippen molar-refractivity contribution in [2.75, 3.05) is 11.0 Å². The smallest absolute Gasteiger partial charge is 0.229 e. The molecule has 0 bridgehead atoms. The van der Waals surface area contributed by atoms with Gasteiger partial charge in [-0.15, -0.1) is 0 Å². The molecule has 1 aromatic carbocycles. The van der Waals surface area contributed by atoms with Gasteiger partial charge < -0.3 is 0 Å². The number of hydrogen-bond acceptors (Lipinski definition) is 4. The molecule has 0 aliphatic heterocycles. The highest BCUT2D eigenvalue weighted by Crippen LogP contribution is 2.31. The number of rotatable bonds is 4. The second-order valence-electron chi connectivity index (χ2n) is 5.25. The van der Waals surface area contributed by atoms with Gasteiger partial charge in [-0.25, -0.2) is 8.42 Å². The third-order valence-electron chi connectivity index (χ3n) is 3.28. The number of sulfonamides is 1. The van der Waals surface area contributed by atoms with Gasteiger partial charge in [-0.3, -0.25) is 14.4 Å². The predicted molar refractivity (Wildman–Crippen MR) is 90.3 cm³/mol. The lowest BCUT2D eigenvalue weighted by molar-refractivity contribution is 0.607. The van der Waals surface area contributed by atoms with Gasteiger partial charge in [-0.05, 0) is 29.8 Å². The van der Waals surface area contributed by atoms with Crippen LogP contribution in [-0.2, 0) is 17.1 Å². The third-order valence-corrected chi connectivity index (χ3v) is 3.89. The normalized spacial score (nSPS) is 11.4. The summed E-state index contributed by atoms with van der Waals surface area (Å²) in [6, 6.07) is 11.0. The summed E-state index contributed by atoms with van der Waals surface area (Å²) in [7, 11) is -1.41. The molecule has 2 aromatic heterocycles. The molecule has 6 nitrogen and oxygen atoms in total. The minimum Gasteiger partial charge on any atom is -0.284 e. The van der Waals surface area contributed by atoms with Gasteiger partial charge in [-0.2, -0.15) is 5.10 Å². The van der Waals surface area contributed by atoms with Crippen LogP contribution in [0.4, 0.5) is 5.69 Å². The van der Waals surface area contributed by atoms with E-state index < -0.39 is 10.0 Å². The van der Waals surface area contributed by atoms with E-state index in [9.17, 15) is 8.42 Å². The first-order valence-corrected chi connectivity index (χ1v) is 8.84. The molecule has 0 amide bonds. The second kappa shape index (κ2) is 5.85. The summed E-state index contributed by atoms with van der Waals surface area (Å²) in [5.74, 6) is 0. The van der Waals surface area contributed by atoms with E-state index in [2.05, 4.69) is 14.8 Å². The molecule has 23 heavy (non-hydrogen) atoms. The van der Waals surface area contributed by atoms with Crippen LogP contribution in [0.1, 0.15) is 0 Å². The van der Waals surface area contributed by atoms with Crippen LogP contribution in [0.25, 0.3) is 22.4 Å². The Labute approximate surface area is 134 Å². The quantitative estimate of drug-likeness (QED) is 0.798. The van der Waals surface area contributed by atoms with Gasteiger partial charge in [0.2, 0.25) is 10.0 Å². The molecule has 0 atom stereocenters. The minimum absolute atomic E-state index is 0.533. The highest BCUT2D eigenvalue weighted by atomic mass is 32.2. The van der Waals surface area contributed by atoms with Crippen molar-refractivity contribution < 1.29 is 8.42 Å². The molecular weight excluding hydrogens is 312 g/mol. The molecular formula is C16H16N4O2S. The Morgan fingerprint density at radius 2 is 1.65 bits per heavy atom.